The highest BCUT2D eigenvalue weighted by Crippen LogP contribution is 2.30. The van der Waals surface area contributed by atoms with E-state index in [1.165, 1.54) is 6.07 Å². The number of phenolic OH excluding ortho intramolecular Hbond substituents is 1. The molecule has 1 fully saturated rings. The number of carbonyl (C=O) groups excluding carboxylic acids is 1. The SMILES string of the molecule is CN(C(=O)c1cc(F)ccc1O)C1CCCC1CN. The molecule has 0 saturated heterocycles. The first kappa shape index (κ1) is 13.8. The van der Waals surface area contributed by atoms with E-state index in [2.05, 4.69) is 0 Å². The number of hydrogen-bond donors (Lipinski definition) is 2. The quantitative estimate of drug-likeness (QED) is 0.875. The molecular formula is C14H19FN2O2. The minimum Gasteiger partial charge on any atom is -0.507 e. The molecule has 2 atom stereocenters. The lowest BCUT2D eigenvalue weighted by molar-refractivity contribution is 0.0696. The summed E-state index contributed by atoms with van der Waals surface area (Å²) in [5, 5.41) is 9.68. The number of nitrogens with zero attached hydrogens (tertiary/aromatic N) is 1. The summed E-state index contributed by atoms with van der Waals surface area (Å²) in [6.07, 6.45) is 2.95. The van der Waals surface area contributed by atoms with Crippen LogP contribution in [0.2, 0.25) is 0 Å². The van der Waals surface area contributed by atoms with Crippen molar-refractivity contribution in [3.05, 3.63) is 29.6 Å². The van der Waals surface area contributed by atoms with E-state index >= 15 is 0 Å². The zero-order valence-electron chi connectivity index (χ0n) is 11.0. The largest absolute Gasteiger partial charge is 0.507 e. The highest BCUT2D eigenvalue weighted by atomic mass is 19.1. The Labute approximate surface area is 112 Å². The first-order chi connectivity index (χ1) is 9.04. The monoisotopic (exact) mass is 266 g/mol. The molecule has 0 aliphatic heterocycles. The van der Waals surface area contributed by atoms with Gasteiger partial charge in [-0.15, -0.1) is 0 Å². The number of amides is 1. The van der Waals surface area contributed by atoms with E-state index in [1.54, 1.807) is 11.9 Å². The van der Waals surface area contributed by atoms with Gasteiger partial charge in [-0.05, 0) is 43.5 Å². The van der Waals surface area contributed by atoms with Gasteiger partial charge >= 0.3 is 0 Å². The highest BCUT2D eigenvalue weighted by Gasteiger charge is 2.32. The van der Waals surface area contributed by atoms with Crippen molar-refractivity contribution in [3.8, 4) is 5.75 Å². The summed E-state index contributed by atoms with van der Waals surface area (Å²) >= 11 is 0. The lowest BCUT2D eigenvalue weighted by Crippen LogP contribution is -2.41. The molecule has 5 heteroatoms. The van der Waals surface area contributed by atoms with Crippen LogP contribution < -0.4 is 5.73 Å². The average Bonchev–Trinajstić information content (AvgIpc) is 2.88. The summed E-state index contributed by atoms with van der Waals surface area (Å²) in [6.45, 7) is 0.539. The normalized spacial score (nSPS) is 22.5. The van der Waals surface area contributed by atoms with E-state index in [-0.39, 0.29) is 29.2 Å². The number of nitrogens with two attached hydrogens (primary N) is 1. The minimum absolute atomic E-state index is 0.00479. The number of carbonyl (C=O) groups is 1. The zero-order chi connectivity index (χ0) is 14.0. The average molecular weight is 266 g/mol. The molecule has 2 unspecified atom stereocenters. The van der Waals surface area contributed by atoms with Crippen molar-refractivity contribution in [2.24, 2.45) is 11.7 Å². The number of benzene rings is 1. The van der Waals surface area contributed by atoms with E-state index in [0.717, 1.165) is 31.4 Å². The standard InChI is InChI=1S/C14H19FN2O2/c1-17(12-4-2-3-9(12)8-16)14(19)11-7-10(15)5-6-13(11)18/h5-7,9,12,18H,2-4,8,16H2,1H3. The lowest BCUT2D eigenvalue weighted by atomic mass is 10.0. The van der Waals surface area contributed by atoms with E-state index in [4.69, 9.17) is 5.73 Å². The molecule has 1 saturated carbocycles. The van der Waals surface area contributed by atoms with Gasteiger partial charge in [-0.2, -0.15) is 0 Å². The van der Waals surface area contributed by atoms with Crippen LogP contribution in [0.5, 0.6) is 5.75 Å². The maximum Gasteiger partial charge on any atom is 0.257 e. The van der Waals surface area contributed by atoms with Gasteiger partial charge in [-0.1, -0.05) is 6.42 Å². The Kier molecular flexibility index (Phi) is 4.04. The van der Waals surface area contributed by atoms with Gasteiger partial charge in [-0.3, -0.25) is 4.79 Å². The van der Waals surface area contributed by atoms with Gasteiger partial charge in [0.15, 0.2) is 0 Å². The first-order valence-corrected chi connectivity index (χ1v) is 6.50. The molecule has 1 aromatic rings. The topological polar surface area (TPSA) is 66.6 Å². The molecule has 19 heavy (non-hydrogen) atoms. The molecular weight excluding hydrogens is 247 g/mol. The van der Waals surface area contributed by atoms with Crippen LogP contribution >= 0.6 is 0 Å². The molecule has 1 aromatic carbocycles. The molecule has 1 aliphatic carbocycles. The Balaban J connectivity index is 2.21. The van der Waals surface area contributed by atoms with E-state index < -0.39 is 5.82 Å². The summed E-state index contributed by atoms with van der Waals surface area (Å²) in [6, 6.07) is 3.47. The van der Waals surface area contributed by atoms with E-state index in [1.807, 2.05) is 0 Å². The molecule has 0 heterocycles. The minimum atomic E-state index is -0.531. The maximum atomic E-state index is 13.2. The van der Waals surface area contributed by atoms with Gasteiger partial charge < -0.3 is 15.7 Å². The van der Waals surface area contributed by atoms with Crippen LogP contribution in [0.25, 0.3) is 0 Å². The van der Waals surface area contributed by atoms with E-state index in [0.29, 0.717) is 6.54 Å². The zero-order valence-corrected chi connectivity index (χ0v) is 11.0. The molecule has 0 radical (unpaired) electrons. The summed E-state index contributed by atoms with van der Waals surface area (Å²) in [7, 11) is 1.69. The Hall–Kier alpha value is -1.62. The fraction of sp³-hybridized carbons (Fsp3) is 0.500. The number of aromatic hydroxyl groups is 1. The molecule has 0 spiro atoms. The van der Waals surface area contributed by atoms with Crippen LogP contribution in [0.3, 0.4) is 0 Å². The molecule has 3 N–H and O–H groups in total. The fourth-order valence-electron chi connectivity index (χ4n) is 2.82. The van der Waals surface area contributed by atoms with Gasteiger partial charge in [0.2, 0.25) is 0 Å². The van der Waals surface area contributed by atoms with Crippen molar-refractivity contribution in [2.75, 3.05) is 13.6 Å². The van der Waals surface area contributed by atoms with Crippen LogP contribution in [0.1, 0.15) is 29.6 Å². The second-order valence-corrected chi connectivity index (χ2v) is 5.07. The first-order valence-electron chi connectivity index (χ1n) is 6.50. The van der Waals surface area contributed by atoms with Crippen molar-refractivity contribution >= 4 is 5.91 Å². The van der Waals surface area contributed by atoms with Crippen molar-refractivity contribution in [1.29, 1.82) is 0 Å². The molecule has 1 amide bonds. The summed E-state index contributed by atoms with van der Waals surface area (Å²) in [5.41, 5.74) is 5.71. The van der Waals surface area contributed by atoms with Crippen LogP contribution in [0, 0.1) is 11.7 Å². The van der Waals surface area contributed by atoms with Crippen LogP contribution in [0.15, 0.2) is 18.2 Å². The van der Waals surface area contributed by atoms with Crippen LogP contribution in [0.4, 0.5) is 4.39 Å². The van der Waals surface area contributed by atoms with Gasteiger partial charge in [0.1, 0.15) is 11.6 Å². The van der Waals surface area contributed by atoms with Crippen LogP contribution in [-0.4, -0.2) is 35.5 Å². The third kappa shape index (κ3) is 2.71. The fourth-order valence-corrected chi connectivity index (χ4v) is 2.82. The lowest BCUT2D eigenvalue weighted by Gasteiger charge is -2.29. The predicted octanol–water partition coefficient (Wildman–Crippen LogP) is 1.73. The van der Waals surface area contributed by atoms with Crippen LogP contribution in [-0.2, 0) is 0 Å². The number of phenols is 1. The number of halogens is 1. The molecule has 1 aliphatic rings. The summed E-state index contributed by atoms with van der Waals surface area (Å²) in [5.74, 6) is -0.802. The molecule has 0 bridgehead atoms. The van der Waals surface area contributed by atoms with Crippen molar-refractivity contribution < 1.29 is 14.3 Å². The number of hydrogen-bond acceptors (Lipinski definition) is 3. The second-order valence-electron chi connectivity index (χ2n) is 5.07. The number of rotatable bonds is 3. The second kappa shape index (κ2) is 5.57. The smallest absolute Gasteiger partial charge is 0.257 e. The maximum absolute atomic E-state index is 13.2. The van der Waals surface area contributed by atoms with Crippen molar-refractivity contribution in [1.82, 2.24) is 4.90 Å². The molecule has 104 valence electrons. The third-order valence-corrected chi connectivity index (χ3v) is 3.93. The Morgan fingerprint density at radius 2 is 2.26 bits per heavy atom. The molecule has 2 rings (SSSR count). The predicted molar refractivity (Wildman–Crippen MR) is 70.3 cm³/mol. The Morgan fingerprint density at radius 1 is 1.53 bits per heavy atom. The Morgan fingerprint density at radius 3 is 2.95 bits per heavy atom. The Bertz CT molecular complexity index is 479. The van der Waals surface area contributed by atoms with Gasteiger partial charge in [-0.25, -0.2) is 4.39 Å². The summed E-state index contributed by atoms with van der Waals surface area (Å²) in [4.78, 5) is 13.9. The highest BCUT2D eigenvalue weighted by molar-refractivity contribution is 5.96. The van der Waals surface area contributed by atoms with Crippen molar-refractivity contribution in [2.45, 2.75) is 25.3 Å². The van der Waals surface area contributed by atoms with E-state index in [9.17, 15) is 14.3 Å². The van der Waals surface area contributed by atoms with Crippen molar-refractivity contribution in [3.63, 3.8) is 0 Å². The van der Waals surface area contributed by atoms with Gasteiger partial charge in [0.05, 0.1) is 5.56 Å². The molecule has 4 nitrogen and oxygen atoms in total. The molecule has 0 aromatic heterocycles. The third-order valence-electron chi connectivity index (χ3n) is 3.93. The summed E-state index contributed by atoms with van der Waals surface area (Å²) < 4.78 is 13.2. The van der Waals surface area contributed by atoms with Gasteiger partial charge in [0.25, 0.3) is 5.91 Å². The van der Waals surface area contributed by atoms with Gasteiger partial charge in [0, 0.05) is 13.1 Å².